The molecule has 0 amide bonds. The Labute approximate surface area is 57.8 Å². The summed E-state index contributed by atoms with van der Waals surface area (Å²) in [5, 5.41) is 8.25. The fourth-order valence-electron chi connectivity index (χ4n) is 0.341. The molecule has 0 heterocycles. The number of hydrogen-bond acceptors (Lipinski definition) is 3. The van der Waals surface area contributed by atoms with Crippen molar-refractivity contribution in [1.29, 1.82) is 0 Å². The van der Waals surface area contributed by atoms with Crippen molar-refractivity contribution in [1.82, 2.24) is 0 Å². The van der Waals surface area contributed by atoms with Crippen molar-refractivity contribution in [3.05, 3.63) is 0 Å². The van der Waals surface area contributed by atoms with Crippen molar-refractivity contribution in [3.63, 3.8) is 0 Å². The predicted molar refractivity (Wildman–Crippen MR) is 32.0 cm³/mol. The van der Waals surface area contributed by atoms with E-state index >= 15 is 0 Å². The molecule has 0 aromatic heterocycles. The fraction of sp³-hybridized carbons (Fsp3) is 0.333. The first-order chi connectivity index (χ1) is 4.72. The van der Waals surface area contributed by atoms with E-state index < -0.39 is 12.1 Å². The number of carbonyl (C=O) groups is 2. The van der Waals surface area contributed by atoms with Crippen LogP contribution in [0.4, 0.5) is 0 Å². The summed E-state index contributed by atoms with van der Waals surface area (Å²) in [7, 11) is 0. The topological polar surface area (TPSA) is 63.6 Å². The molecule has 1 N–H and O–H groups in total. The van der Waals surface area contributed by atoms with E-state index in [9.17, 15) is 9.59 Å². The zero-order valence-electron chi connectivity index (χ0n) is 5.33. The summed E-state index contributed by atoms with van der Waals surface area (Å²) >= 11 is 0. The summed E-state index contributed by atoms with van der Waals surface area (Å²) in [6, 6.07) is 0. The lowest BCUT2D eigenvalue weighted by Gasteiger charge is -1.99. The van der Waals surface area contributed by atoms with Gasteiger partial charge in [-0.05, 0) is 12.8 Å². The summed E-state index contributed by atoms with van der Waals surface area (Å²) in [5.41, 5.74) is 0. The van der Waals surface area contributed by atoms with Gasteiger partial charge >= 0.3 is 5.97 Å². The van der Waals surface area contributed by atoms with E-state index in [1.165, 1.54) is 6.92 Å². The number of aliphatic carboxylic acids is 1. The minimum Gasteiger partial charge on any atom is -0.478 e. The van der Waals surface area contributed by atoms with Gasteiger partial charge in [-0.1, -0.05) is 0 Å². The highest BCUT2D eigenvalue weighted by molar-refractivity contribution is 5.77. The number of carbonyl (C=O) groups excluding carboxylic acids is 1. The van der Waals surface area contributed by atoms with Crippen LogP contribution >= 0.6 is 0 Å². The van der Waals surface area contributed by atoms with Crippen molar-refractivity contribution >= 4 is 12.4 Å². The second-order valence-electron chi connectivity index (χ2n) is 1.34. The van der Waals surface area contributed by atoms with Crippen LogP contribution in [0.15, 0.2) is 0 Å². The summed E-state index contributed by atoms with van der Waals surface area (Å²) in [6.45, 7) is 1.52. The number of carboxylic acids is 1. The van der Waals surface area contributed by atoms with Gasteiger partial charge in [0.15, 0.2) is 0 Å². The van der Waals surface area contributed by atoms with Gasteiger partial charge in [0.2, 0.25) is 0 Å². The molecular formula is C6H6O4. The van der Waals surface area contributed by atoms with E-state index in [4.69, 9.17) is 5.11 Å². The van der Waals surface area contributed by atoms with Gasteiger partial charge in [-0.25, -0.2) is 4.79 Å². The van der Waals surface area contributed by atoms with Gasteiger partial charge in [-0.3, -0.25) is 4.79 Å². The van der Waals surface area contributed by atoms with Gasteiger partial charge in [-0.15, -0.1) is 5.92 Å². The normalized spacial score (nSPS) is 10.5. The Hall–Kier alpha value is -1.50. The van der Waals surface area contributed by atoms with E-state index in [2.05, 4.69) is 16.6 Å². The second kappa shape index (κ2) is 4.39. The van der Waals surface area contributed by atoms with Crippen molar-refractivity contribution in [2.24, 2.45) is 0 Å². The molecule has 0 saturated heterocycles. The Morgan fingerprint density at radius 2 is 2.40 bits per heavy atom. The Balaban J connectivity index is 4.06. The van der Waals surface area contributed by atoms with Crippen LogP contribution in [0.1, 0.15) is 6.92 Å². The molecule has 0 aromatic rings. The average Bonchev–Trinajstić information content (AvgIpc) is 1.87. The highest BCUT2D eigenvalue weighted by Gasteiger charge is 2.13. The van der Waals surface area contributed by atoms with Crippen molar-refractivity contribution in [2.45, 2.75) is 13.0 Å². The Kier molecular flexibility index (Phi) is 3.73. The summed E-state index contributed by atoms with van der Waals surface area (Å²) in [4.78, 5) is 19.7. The third-order valence-corrected chi connectivity index (χ3v) is 0.691. The number of hydrogen-bond donors (Lipinski definition) is 1. The Morgan fingerprint density at radius 3 is 2.70 bits per heavy atom. The maximum Gasteiger partial charge on any atom is 0.357 e. The molecule has 4 nitrogen and oxygen atoms in total. The third kappa shape index (κ3) is 2.72. The predicted octanol–water partition coefficient (Wildman–Crippen LogP) is -0.364. The summed E-state index contributed by atoms with van der Waals surface area (Å²) < 4.78 is 4.09. The fourth-order valence-corrected chi connectivity index (χ4v) is 0.341. The molecule has 0 aromatic carbocycles. The number of carboxylic acid groups (broad SMARTS) is 1. The van der Waals surface area contributed by atoms with Gasteiger partial charge in [-0.2, -0.15) is 0 Å². The van der Waals surface area contributed by atoms with Gasteiger partial charge in [0.1, 0.15) is 0 Å². The molecule has 0 saturated carbocycles. The van der Waals surface area contributed by atoms with Gasteiger partial charge in [0.05, 0.1) is 0 Å². The third-order valence-electron chi connectivity index (χ3n) is 0.691. The summed E-state index contributed by atoms with van der Waals surface area (Å²) in [5.74, 6) is 3.24. The molecule has 4 heteroatoms. The van der Waals surface area contributed by atoms with E-state index in [0.29, 0.717) is 0 Å². The second-order valence-corrected chi connectivity index (χ2v) is 1.34. The number of rotatable bonds is 3. The molecule has 10 heavy (non-hydrogen) atoms. The van der Waals surface area contributed by atoms with Crippen LogP contribution in [-0.2, 0) is 14.3 Å². The maximum atomic E-state index is 10.1. The molecule has 0 radical (unpaired) electrons. The lowest BCUT2D eigenvalue weighted by Crippen LogP contribution is -2.21. The van der Waals surface area contributed by atoms with E-state index in [0.717, 1.165) is 0 Å². The minimum atomic E-state index is -1.33. The Bertz CT molecular complexity index is 186. The van der Waals surface area contributed by atoms with E-state index in [1.54, 1.807) is 0 Å². The molecule has 0 aliphatic carbocycles. The van der Waals surface area contributed by atoms with Gasteiger partial charge in [0, 0.05) is 0 Å². The first-order valence-corrected chi connectivity index (χ1v) is 2.46. The van der Waals surface area contributed by atoms with Crippen LogP contribution in [-0.4, -0.2) is 23.7 Å². The lowest BCUT2D eigenvalue weighted by molar-refractivity contribution is -0.152. The first kappa shape index (κ1) is 8.50. The quantitative estimate of drug-likeness (QED) is 0.431. The van der Waals surface area contributed by atoms with Crippen LogP contribution in [0.5, 0.6) is 0 Å². The molecule has 1 unspecified atom stereocenters. The van der Waals surface area contributed by atoms with Crippen LogP contribution in [0.3, 0.4) is 0 Å². The monoisotopic (exact) mass is 142 g/mol. The number of ether oxygens (including phenoxy) is 1. The largest absolute Gasteiger partial charge is 0.478 e. The molecule has 54 valence electrons. The molecule has 1 atom stereocenters. The smallest absolute Gasteiger partial charge is 0.357 e. The molecule has 0 aliphatic rings. The van der Waals surface area contributed by atoms with Crippen LogP contribution in [0.2, 0.25) is 0 Å². The van der Waals surface area contributed by atoms with Crippen LogP contribution in [0, 0.1) is 11.8 Å². The van der Waals surface area contributed by atoms with Gasteiger partial charge < -0.3 is 9.84 Å². The molecule has 0 rings (SSSR count). The lowest BCUT2D eigenvalue weighted by atomic mass is 10.4. The van der Waals surface area contributed by atoms with Crippen molar-refractivity contribution in [2.75, 3.05) is 0 Å². The molecule has 0 spiro atoms. The highest BCUT2D eigenvalue weighted by atomic mass is 16.5. The maximum absolute atomic E-state index is 10.1. The SMILES string of the molecule is CC#CC(OC=O)C(=O)O. The Morgan fingerprint density at radius 1 is 1.80 bits per heavy atom. The van der Waals surface area contributed by atoms with E-state index in [1.807, 2.05) is 0 Å². The van der Waals surface area contributed by atoms with Crippen molar-refractivity contribution < 1.29 is 19.4 Å². The van der Waals surface area contributed by atoms with Gasteiger partial charge in [0.25, 0.3) is 12.6 Å². The highest BCUT2D eigenvalue weighted by Crippen LogP contribution is 1.86. The summed E-state index contributed by atoms with van der Waals surface area (Å²) in [6.07, 6.45) is -1.33. The zero-order valence-corrected chi connectivity index (χ0v) is 5.33. The minimum absolute atomic E-state index is 0.0587. The molecule has 0 bridgehead atoms. The molecule has 0 fully saturated rings. The average molecular weight is 142 g/mol. The molecule has 0 aliphatic heterocycles. The molecular weight excluding hydrogens is 136 g/mol. The van der Waals surface area contributed by atoms with Crippen molar-refractivity contribution in [3.8, 4) is 11.8 Å². The van der Waals surface area contributed by atoms with Crippen LogP contribution < -0.4 is 0 Å². The first-order valence-electron chi connectivity index (χ1n) is 2.46. The zero-order chi connectivity index (χ0) is 7.98. The van der Waals surface area contributed by atoms with Crippen LogP contribution in [0.25, 0.3) is 0 Å². The standard InChI is InChI=1S/C6H6O4/c1-2-3-5(6(8)9)10-4-7/h4-5H,1H3,(H,8,9). The van der Waals surface area contributed by atoms with E-state index in [-0.39, 0.29) is 6.47 Å².